The summed E-state index contributed by atoms with van der Waals surface area (Å²) in [5.74, 6) is 0. The van der Waals surface area contributed by atoms with Gasteiger partial charge in [-0.15, -0.1) is 0 Å². The van der Waals surface area contributed by atoms with E-state index in [0.29, 0.717) is 11.5 Å². The third-order valence-electron chi connectivity index (χ3n) is 3.86. The van der Waals surface area contributed by atoms with Crippen LogP contribution in [0.15, 0.2) is 0 Å². The molecule has 2 aliphatic rings. The fraction of sp³-hybridized carbons (Fsp3) is 1.00. The van der Waals surface area contributed by atoms with E-state index >= 15 is 0 Å². The summed E-state index contributed by atoms with van der Waals surface area (Å²) < 4.78 is 0. The highest BCUT2D eigenvalue weighted by Crippen LogP contribution is 2.39. The maximum atomic E-state index is 3.51. The third kappa shape index (κ3) is 2.29. The molecule has 2 fully saturated rings. The van der Waals surface area contributed by atoms with Gasteiger partial charge in [0.05, 0.1) is 0 Å². The number of nitrogens with one attached hydrogen (secondary N) is 1. The summed E-state index contributed by atoms with van der Waals surface area (Å²) in [5.41, 5.74) is 0.596. The third-order valence-corrected chi connectivity index (χ3v) is 3.86. The van der Waals surface area contributed by atoms with Crippen molar-refractivity contribution < 1.29 is 0 Å². The van der Waals surface area contributed by atoms with Crippen LogP contribution in [-0.2, 0) is 0 Å². The van der Waals surface area contributed by atoms with Crippen molar-refractivity contribution in [3.05, 3.63) is 0 Å². The molecule has 0 bridgehead atoms. The Kier molecular flexibility index (Phi) is 2.85. The Morgan fingerprint density at radius 2 is 2.14 bits per heavy atom. The van der Waals surface area contributed by atoms with Crippen molar-refractivity contribution in [1.82, 2.24) is 10.2 Å². The molecule has 2 unspecified atom stereocenters. The second kappa shape index (κ2) is 3.82. The van der Waals surface area contributed by atoms with Crippen molar-refractivity contribution in [2.24, 2.45) is 5.41 Å². The van der Waals surface area contributed by atoms with Gasteiger partial charge in [0, 0.05) is 31.7 Å². The van der Waals surface area contributed by atoms with Gasteiger partial charge < -0.3 is 5.32 Å². The van der Waals surface area contributed by atoms with Gasteiger partial charge in [-0.25, -0.2) is 0 Å². The normalized spacial score (nSPS) is 38.8. The summed E-state index contributed by atoms with van der Waals surface area (Å²) in [7, 11) is 0. The monoisotopic (exact) mass is 196 g/mol. The highest BCUT2D eigenvalue weighted by atomic mass is 15.2. The van der Waals surface area contributed by atoms with Gasteiger partial charge in [0.15, 0.2) is 0 Å². The van der Waals surface area contributed by atoms with Crippen molar-refractivity contribution in [3.8, 4) is 0 Å². The van der Waals surface area contributed by atoms with Crippen molar-refractivity contribution in [1.29, 1.82) is 0 Å². The Labute approximate surface area is 88.1 Å². The van der Waals surface area contributed by atoms with Gasteiger partial charge in [-0.2, -0.15) is 0 Å². The molecule has 2 rings (SSSR count). The molecule has 0 aromatic carbocycles. The van der Waals surface area contributed by atoms with Crippen molar-refractivity contribution in [2.75, 3.05) is 19.6 Å². The highest BCUT2D eigenvalue weighted by molar-refractivity contribution is 4.90. The van der Waals surface area contributed by atoms with Crippen LogP contribution in [0.2, 0.25) is 0 Å². The van der Waals surface area contributed by atoms with Crippen LogP contribution < -0.4 is 5.32 Å². The van der Waals surface area contributed by atoms with E-state index in [9.17, 15) is 0 Å². The Hall–Kier alpha value is -0.0800. The van der Waals surface area contributed by atoms with Crippen molar-refractivity contribution in [3.63, 3.8) is 0 Å². The molecule has 0 spiro atoms. The Bertz CT molecular complexity index is 200. The number of rotatable bonds is 1. The number of hydrogen-bond acceptors (Lipinski definition) is 2. The molecule has 1 saturated carbocycles. The molecule has 2 nitrogen and oxygen atoms in total. The van der Waals surface area contributed by atoms with E-state index in [1.165, 1.54) is 38.9 Å². The zero-order valence-corrected chi connectivity index (χ0v) is 9.84. The lowest BCUT2D eigenvalue weighted by Gasteiger charge is -2.36. The average molecular weight is 196 g/mol. The van der Waals surface area contributed by atoms with Crippen LogP contribution in [-0.4, -0.2) is 36.6 Å². The van der Waals surface area contributed by atoms with Crippen LogP contribution in [0.3, 0.4) is 0 Å². The van der Waals surface area contributed by atoms with Crippen molar-refractivity contribution >= 4 is 0 Å². The molecule has 1 N–H and O–H groups in total. The second-order valence-electron chi connectivity index (χ2n) is 5.91. The van der Waals surface area contributed by atoms with E-state index in [-0.39, 0.29) is 0 Å². The quantitative estimate of drug-likeness (QED) is 0.688. The largest absolute Gasteiger partial charge is 0.312 e. The standard InChI is InChI=1S/C12H24N2/c1-10-9-14(7-6-13-10)11-4-5-12(2,3)8-11/h10-11,13H,4-9H2,1-3H3. The fourth-order valence-electron chi connectivity index (χ4n) is 3.00. The summed E-state index contributed by atoms with van der Waals surface area (Å²) in [6, 6.07) is 1.56. The van der Waals surface area contributed by atoms with Crippen LogP contribution in [0.1, 0.15) is 40.0 Å². The summed E-state index contributed by atoms with van der Waals surface area (Å²) in [5, 5.41) is 3.51. The SMILES string of the molecule is CC1CN(C2CCC(C)(C)C2)CCN1. The zero-order chi connectivity index (χ0) is 10.2. The molecular weight excluding hydrogens is 172 g/mol. The van der Waals surface area contributed by atoms with E-state index in [2.05, 4.69) is 31.0 Å². The van der Waals surface area contributed by atoms with Crippen LogP contribution in [0.25, 0.3) is 0 Å². The van der Waals surface area contributed by atoms with E-state index in [0.717, 1.165) is 6.04 Å². The molecule has 0 amide bonds. The number of hydrogen-bond donors (Lipinski definition) is 1. The second-order valence-corrected chi connectivity index (χ2v) is 5.91. The topological polar surface area (TPSA) is 15.3 Å². The highest BCUT2D eigenvalue weighted by Gasteiger charge is 2.35. The minimum atomic E-state index is 0.596. The minimum Gasteiger partial charge on any atom is -0.312 e. The average Bonchev–Trinajstić information content (AvgIpc) is 2.46. The van der Waals surface area contributed by atoms with Gasteiger partial charge in [0.1, 0.15) is 0 Å². The predicted molar refractivity (Wildman–Crippen MR) is 60.5 cm³/mol. The predicted octanol–water partition coefficient (Wildman–Crippen LogP) is 1.86. The van der Waals surface area contributed by atoms with Gasteiger partial charge in [-0.3, -0.25) is 4.90 Å². The lowest BCUT2D eigenvalue weighted by molar-refractivity contribution is 0.142. The summed E-state index contributed by atoms with van der Waals surface area (Å²) in [6.45, 7) is 10.8. The van der Waals surface area contributed by atoms with Crippen LogP contribution in [0.4, 0.5) is 0 Å². The molecule has 82 valence electrons. The first kappa shape index (κ1) is 10.4. The number of nitrogens with zero attached hydrogens (tertiary/aromatic N) is 1. The summed E-state index contributed by atoms with van der Waals surface area (Å²) in [6.07, 6.45) is 4.23. The first-order chi connectivity index (χ1) is 6.57. The molecule has 1 saturated heterocycles. The van der Waals surface area contributed by atoms with Gasteiger partial charge >= 0.3 is 0 Å². The van der Waals surface area contributed by atoms with Gasteiger partial charge in [-0.05, 0) is 31.6 Å². The zero-order valence-electron chi connectivity index (χ0n) is 9.84. The molecule has 1 aliphatic heterocycles. The van der Waals surface area contributed by atoms with E-state index in [4.69, 9.17) is 0 Å². The molecule has 0 aromatic heterocycles. The maximum Gasteiger partial charge on any atom is 0.0167 e. The summed E-state index contributed by atoms with van der Waals surface area (Å²) >= 11 is 0. The lowest BCUT2D eigenvalue weighted by Crippen LogP contribution is -2.52. The van der Waals surface area contributed by atoms with Crippen molar-refractivity contribution in [2.45, 2.75) is 52.1 Å². The maximum absolute atomic E-state index is 3.51. The van der Waals surface area contributed by atoms with Crippen LogP contribution in [0.5, 0.6) is 0 Å². The van der Waals surface area contributed by atoms with Crippen LogP contribution >= 0.6 is 0 Å². The first-order valence-corrected chi connectivity index (χ1v) is 6.04. The fourth-order valence-corrected chi connectivity index (χ4v) is 3.00. The molecule has 2 atom stereocenters. The Balaban J connectivity index is 1.89. The van der Waals surface area contributed by atoms with Gasteiger partial charge in [-0.1, -0.05) is 13.8 Å². The molecular formula is C12H24N2. The Morgan fingerprint density at radius 3 is 2.71 bits per heavy atom. The molecule has 0 radical (unpaired) electrons. The first-order valence-electron chi connectivity index (χ1n) is 6.04. The summed E-state index contributed by atoms with van der Waals surface area (Å²) in [4.78, 5) is 2.70. The Morgan fingerprint density at radius 1 is 1.36 bits per heavy atom. The minimum absolute atomic E-state index is 0.596. The molecule has 0 aromatic rings. The van der Waals surface area contributed by atoms with E-state index in [1.54, 1.807) is 0 Å². The van der Waals surface area contributed by atoms with E-state index in [1.807, 2.05) is 0 Å². The van der Waals surface area contributed by atoms with Gasteiger partial charge in [0.25, 0.3) is 0 Å². The molecule has 2 heteroatoms. The van der Waals surface area contributed by atoms with Gasteiger partial charge in [0.2, 0.25) is 0 Å². The van der Waals surface area contributed by atoms with Crippen LogP contribution in [0, 0.1) is 5.41 Å². The smallest absolute Gasteiger partial charge is 0.0167 e. The molecule has 14 heavy (non-hydrogen) atoms. The molecule has 1 aliphatic carbocycles. The lowest BCUT2D eigenvalue weighted by atomic mass is 9.91. The number of piperazine rings is 1. The molecule has 1 heterocycles. The van der Waals surface area contributed by atoms with E-state index < -0.39 is 0 Å².